The number of amides is 1. The molecule has 2 rings (SSSR count). The van der Waals surface area contributed by atoms with Gasteiger partial charge in [0, 0.05) is 19.1 Å². The molecule has 2 saturated heterocycles. The summed E-state index contributed by atoms with van der Waals surface area (Å²) in [6.45, 7) is 9.45. The van der Waals surface area contributed by atoms with Crippen LogP contribution in [-0.2, 0) is 9.47 Å². The van der Waals surface area contributed by atoms with Gasteiger partial charge in [-0.15, -0.1) is 0 Å². The van der Waals surface area contributed by atoms with Crippen molar-refractivity contribution in [2.24, 2.45) is 0 Å². The summed E-state index contributed by atoms with van der Waals surface area (Å²) >= 11 is 0. The van der Waals surface area contributed by atoms with Gasteiger partial charge < -0.3 is 14.8 Å². The van der Waals surface area contributed by atoms with Crippen LogP contribution in [0.2, 0.25) is 0 Å². The predicted octanol–water partition coefficient (Wildman–Crippen LogP) is 1.37. The largest absolute Gasteiger partial charge is 0.444 e. The van der Waals surface area contributed by atoms with E-state index in [1.54, 1.807) is 0 Å². The lowest BCUT2D eigenvalue weighted by Crippen LogP contribution is -2.54. The van der Waals surface area contributed by atoms with E-state index in [2.05, 4.69) is 10.2 Å². The Kier molecular flexibility index (Phi) is 4.12. The van der Waals surface area contributed by atoms with Crippen molar-refractivity contribution in [1.82, 2.24) is 10.2 Å². The van der Waals surface area contributed by atoms with Crippen molar-refractivity contribution in [1.29, 1.82) is 0 Å². The Hall–Kier alpha value is -0.810. The number of alkyl carbamates (subject to hydrolysis) is 1. The maximum absolute atomic E-state index is 11.6. The van der Waals surface area contributed by atoms with Crippen LogP contribution < -0.4 is 5.32 Å². The average Bonchev–Trinajstić information content (AvgIpc) is 2.15. The average molecular weight is 256 g/mol. The van der Waals surface area contributed by atoms with Gasteiger partial charge in [0.25, 0.3) is 0 Å². The van der Waals surface area contributed by atoms with Gasteiger partial charge in [0.1, 0.15) is 5.60 Å². The third-order valence-electron chi connectivity index (χ3n) is 3.39. The van der Waals surface area contributed by atoms with E-state index < -0.39 is 5.60 Å². The van der Waals surface area contributed by atoms with Gasteiger partial charge in [0.05, 0.1) is 19.3 Å². The normalized spacial score (nSPS) is 23.5. The van der Waals surface area contributed by atoms with Gasteiger partial charge in [-0.3, -0.25) is 4.90 Å². The van der Waals surface area contributed by atoms with Crippen LogP contribution in [0, 0.1) is 0 Å². The van der Waals surface area contributed by atoms with Gasteiger partial charge in [-0.1, -0.05) is 0 Å². The van der Waals surface area contributed by atoms with E-state index in [1.807, 2.05) is 20.8 Å². The number of piperidine rings is 1. The van der Waals surface area contributed by atoms with Crippen LogP contribution in [0.4, 0.5) is 4.79 Å². The molecule has 0 aromatic heterocycles. The second-order valence-corrected chi connectivity index (χ2v) is 6.15. The molecule has 18 heavy (non-hydrogen) atoms. The zero-order valence-corrected chi connectivity index (χ0v) is 11.6. The maximum atomic E-state index is 11.6. The van der Waals surface area contributed by atoms with Crippen LogP contribution in [0.15, 0.2) is 0 Å². The molecule has 5 heteroatoms. The lowest BCUT2D eigenvalue weighted by Gasteiger charge is -2.41. The second kappa shape index (κ2) is 5.45. The standard InChI is InChI=1S/C13H24N2O3/c1-13(2,3)18-12(16)14-10-4-6-15(7-5-10)11-8-17-9-11/h10-11H,4-9H2,1-3H3,(H,14,16). The number of carbonyl (C=O) groups is 1. The van der Waals surface area contributed by atoms with E-state index in [-0.39, 0.29) is 12.1 Å². The van der Waals surface area contributed by atoms with E-state index in [1.165, 1.54) is 0 Å². The third-order valence-corrected chi connectivity index (χ3v) is 3.39. The Morgan fingerprint density at radius 3 is 2.33 bits per heavy atom. The molecule has 0 spiro atoms. The van der Waals surface area contributed by atoms with Crippen LogP contribution in [-0.4, -0.2) is 55.0 Å². The zero-order chi connectivity index (χ0) is 13.2. The summed E-state index contributed by atoms with van der Waals surface area (Å²) < 4.78 is 10.5. The van der Waals surface area contributed by atoms with Crippen molar-refractivity contribution < 1.29 is 14.3 Å². The molecule has 0 aliphatic carbocycles. The number of hydrogen-bond donors (Lipinski definition) is 1. The second-order valence-electron chi connectivity index (χ2n) is 6.15. The smallest absolute Gasteiger partial charge is 0.407 e. The molecule has 1 N–H and O–H groups in total. The first kappa shape index (κ1) is 13.6. The van der Waals surface area contributed by atoms with Crippen LogP contribution in [0.1, 0.15) is 33.6 Å². The fraction of sp³-hybridized carbons (Fsp3) is 0.923. The number of rotatable bonds is 2. The number of carbonyl (C=O) groups excluding carboxylic acids is 1. The van der Waals surface area contributed by atoms with Gasteiger partial charge >= 0.3 is 6.09 Å². The summed E-state index contributed by atoms with van der Waals surface area (Å²) in [5.74, 6) is 0. The highest BCUT2D eigenvalue weighted by molar-refractivity contribution is 5.68. The minimum atomic E-state index is -0.423. The fourth-order valence-corrected chi connectivity index (χ4v) is 2.32. The van der Waals surface area contributed by atoms with E-state index in [0.717, 1.165) is 39.1 Å². The Balaban J connectivity index is 1.68. The quantitative estimate of drug-likeness (QED) is 0.811. The first-order chi connectivity index (χ1) is 8.44. The Morgan fingerprint density at radius 2 is 1.89 bits per heavy atom. The molecular weight excluding hydrogens is 232 g/mol. The Labute approximate surface area is 109 Å². The summed E-state index contributed by atoms with van der Waals surface area (Å²) in [6, 6.07) is 0.851. The van der Waals surface area contributed by atoms with E-state index in [9.17, 15) is 4.79 Å². The lowest BCUT2D eigenvalue weighted by molar-refractivity contribution is -0.0720. The molecule has 0 saturated carbocycles. The topological polar surface area (TPSA) is 50.8 Å². The summed E-state index contributed by atoms with van der Waals surface area (Å²) in [7, 11) is 0. The molecule has 0 atom stereocenters. The van der Waals surface area contributed by atoms with E-state index in [4.69, 9.17) is 9.47 Å². The molecule has 0 bridgehead atoms. The van der Waals surface area contributed by atoms with E-state index >= 15 is 0 Å². The third kappa shape index (κ3) is 3.85. The number of hydrogen-bond acceptors (Lipinski definition) is 4. The molecule has 5 nitrogen and oxygen atoms in total. The molecule has 2 aliphatic heterocycles. The minimum Gasteiger partial charge on any atom is -0.444 e. The summed E-state index contributed by atoms with van der Waals surface area (Å²) in [5.41, 5.74) is -0.423. The molecular formula is C13H24N2O3. The first-order valence-electron chi connectivity index (χ1n) is 6.75. The first-order valence-corrected chi connectivity index (χ1v) is 6.75. The summed E-state index contributed by atoms with van der Waals surface area (Å²) in [5, 5.41) is 2.95. The van der Waals surface area contributed by atoms with Crippen LogP contribution in [0.25, 0.3) is 0 Å². The minimum absolute atomic E-state index is 0.247. The monoisotopic (exact) mass is 256 g/mol. The molecule has 0 aromatic carbocycles. The highest BCUT2D eigenvalue weighted by Gasteiger charge is 2.30. The SMILES string of the molecule is CC(C)(C)OC(=O)NC1CCN(C2COC2)CC1. The molecule has 0 radical (unpaired) electrons. The Bertz CT molecular complexity index is 289. The van der Waals surface area contributed by atoms with Crippen molar-refractivity contribution in [3.05, 3.63) is 0 Å². The fourth-order valence-electron chi connectivity index (χ4n) is 2.32. The van der Waals surface area contributed by atoms with Gasteiger partial charge in [0.15, 0.2) is 0 Å². The molecule has 0 aromatic rings. The van der Waals surface area contributed by atoms with Crippen molar-refractivity contribution in [2.45, 2.75) is 51.3 Å². The van der Waals surface area contributed by atoms with Crippen molar-refractivity contribution in [3.8, 4) is 0 Å². The molecule has 2 aliphatic rings. The zero-order valence-electron chi connectivity index (χ0n) is 11.6. The molecule has 0 unspecified atom stereocenters. The lowest BCUT2D eigenvalue weighted by atomic mass is 10.0. The number of nitrogens with zero attached hydrogens (tertiary/aromatic N) is 1. The number of ether oxygens (including phenoxy) is 2. The summed E-state index contributed by atoms with van der Waals surface area (Å²) in [6.07, 6.45) is 1.69. The van der Waals surface area contributed by atoms with Gasteiger partial charge in [-0.25, -0.2) is 4.79 Å². The predicted molar refractivity (Wildman–Crippen MR) is 68.6 cm³/mol. The maximum Gasteiger partial charge on any atom is 0.407 e. The molecule has 1 amide bonds. The number of likely N-dealkylation sites (tertiary alicyclic amines) is 1. The van der Waals surface area contributed by atoms with E-state index in [0.29, 0.717) is 6.04 Å². The molecule has 104 valence electrons. The van der Waals surface area contributed by atoms with Crippen LogP contribution in [0.5, 0.6) is 0 Å². The van der Waals surface area contributed by atoms with Crippen molar-refractivity contribution in [2.75, 3.05) is 26.3 Å². The molecule has 2 fully saturated rings. The summed E-state index contributed by atoms with van der Waals surface area (Å²) in [4.78, 5) is 14.1. The van der Waals surface area contributed by atoms with Crippen molar-refractivity contribution in [3.63, 3.8) is 0 Å². The van der Waals surface area contributed by atoms with Crippen LogP contribution >= 0.6 is 0 Å². The van der Waals surface area contributed by atoms with Gasteiger partial charge in [-0.2, -0.15) is 0 Å². The molecule has 2 heterocycles. The van der Waals surface area contributed by atoms with Crippen molar-refractivity contribution >= 4 is 6.09 Å². The van der Waals surface area contributed by atoms with Gasteiger partial charge in [0.2, 0.25) is 0 Å². The van der Waals surface area contributed by atoms with Gasteiger partial charge in [-0.05, 0) is 33.6 Å². The number of nitrogens with one attached hydrogen (secondary N) is 1. The van der Waals surface area contributed by atoms with Crippen LogP contribution in [0.3, 0.4) is 0 Å². The Morgan fingerprint density at radius 1 is 1.28 bits per heavy atom. The highest BCUT2D eigenvalue weighted by atomic mass is 16.6. The highest BCUT2D eigenvalue weighted by Crippen LogP contribution is 2.18.